The molecule has 0 saturated carbocycles. The molecule has 1 spiro atoms. The van der Waals surface area contributed by atoms with Crippen LogP contribution >= 0.6 is 0 Å². The molecule has 0 aromatic heterocycles. The van der Waals surface area contributed by atoms with Crippen LogP contribution in [0, 0.1) is 51.7 Å². The number of nitrogens with zero attached hydrogens (tertiary/aromatic N) is 5. The summed E-state index contributed by atoms with van der Waals surface area (Å²) in [5.41, 5.74) is 6.80. The first-order valence-electron chi connectivity index (χ1n) is 14.8. The quantitative estimate of drug-likeness (QED) is 0.180. The van der Waals surface area contributed by atoms with Crippen LogP contribution in [0.1, 0.15) is 55.6 Å². The smallest absolute Gasteiger partial charge is 0.394 e. The van der Waals surface area contributed by atoms with E-state index >= 15 is 0 Å². The minimum Gasteiger partial charge on any atom is -0.394 e. The fraction of sp³-hybridized carbons (Fsp3) is 0.229. The molecular formula is C35H31N5O6. The van der Waals surface area contributed by atoms with Crippen molar-refractivity contribution in [3.8, 4) is 0 Å². The van der Waals surface area contributed by atoms with Gasteiger partial charge in [-0.15, -0.1) is 5.10 Å². The molecule has 0 bridgehead atoms. The number of fused-ring (bicyclic) bond motifs is 2. The Labute approximate surface area is 265 Å². The Kier molecular flexibility index (Phi) is 6.59. The van der Waals surface area contributed by atoms with Crippen molar-refractivity contribution in [3.05, 3.63) is 145 Å². The predicted octanol–water partition coefficient (Wildman–Crippen LogP) is 6.75. The van der Waals surface area contributed by atoms with Crippen LogP contribution in [0.25, 0.3) is 0 Å². The van der Waals surface area contributed by atoms with Crippen LogP contribution in [0.3, 0.4) is 0 Å². The Morgan fingerprint density at radius 1 is 0.696 bits per heavy atom. The standard InChI is InChI=1S/C35H31N5O6/c1-20-16-22(3)29(23(4)17-20)31-37-45-34(27-10-8-7-9-11-27)35(44-33(38-46-35)30-24(5)18-21(2)19-25(30)6)43-32(36-39(31)34)26-12-14-28(15-13-26)40(41)42/h7-19H,1-6H3. The van der Waals surface area contributed by atoms with Crippen LogP contribution in [0.15, 0.2) is 94.3 Å². The molecule has 4 aromatic rings. The number of rotatable bonds is 5. The summed E-state index contributed by atoms with van der Waals surface area (Å²) in [5, 5.41) is 27.1. The number of aryl methyl sites for hydroxylation is 6. The lowest BCUT2D eigenvalue weighted by Gasteiger charge is -2.45. The van der Waals surface area contributed by atoms with Gasteiger partial charge in [0.25, 0.3) is 11.6 Å². The monoisotopic (exact) mass is 617 g/mol. The summed E-state index contributed by atoms with van der Waals surface area (Å²) in [6.07, 6.45) is 0. The maximum atomic E-state index is 11.4. The van der Waals surface area contributed by atoms with Gasteiger partial charge in [0.2, 0.25) is 11.7 Å². The molecule has 3 heterocycles. The molecule has 11 nitrogen and oxygen atoms in total. The number of non-ortho nitro benzene ring substituents is 1. The number of oxime groups is 2. The van der Waals surface area contributed by atoms with E-state index in [9.17, 15) is 10.1 Å². The molecule has 3 aliphatic heterocycles. The van der Waals surface area contributed by atoms with Crippen molar-refractivity contribution in [2.24, 2.45) is 15.4 Å². The number of nitro benzene ring substituents is 1. The molecule has 0 N–H and O–H groups in total. The Hall–Kier alpha value is -5.71. The second-order valence-electron chi connectivity index (χ2n) is 11.8. The van der Waals surface area contributed by atoms with Gasteiger partial charge in [0, 0.05) is 34.4 Å². The average molecular weight is 618 g/mol. The molecule has 0 aliphatic carbocycles. The first-order valence-corrected chi connectivity index (χ1v) is 14.8. The molecule has 2 atom stereocenters. The average Bonchev–Trinajstić information content (AvgIpc) is 3.60. The number of amidine groups is 1. The normalized spacial score (nSPS) is 21.3. The van der Waals surface area contributed by atoms with Crippen molar-refractivity contribution in [2.75, 3.05) is 0 Å². The topological polar surface area (TPSA) is 120 Å². The highest BCUT2D eigenvalue weighted by Gasteiger charge is 2.76. The number of nitro groups is 1. The van der Waals surface area contributed by atoms with Crippen LogP contribution in [0.4, 0.5) is 5.69 Å². The molecule has 0 saturated heterocycles. The van der Waals surface area contributed by atoms with Gasteiger partial charge in [-0.1, -0.05) is 70.9 Å². The molecule has 232 valence electrons. The molecule has 0 radical (unpaired) electrons. The second kappa shape index (κ2) is 10.4. The third kappa shape index (κ3) is 4.30. The molecule has 11 heteroatoms. The largest absolute Gasteiger partial charge is 0.512 e. The van der Waals surface area contributed by atoms with E-state index in [-0.39, 0.29) is 17.5 Å². The minimum absolute atomic E-state index is 0.0656. The van der Waals surface area contributed by atoms with E-state index in [1.807, 2.05) is 84.0 Å². The summed E-state index contributed by atoms with van der Waals surface area (Å²) < 4.78 is 13.3. The Morgan fingerprint density at radius 3 is 1.85 bits per heavy atom. The van der Waals surface area contributed by atoms with Crippen LogP contribution in [-0.4, -0.2) is 33.5 Å². The first kappa shape index (κ1) is 29.0. The van der Waals surface area contributed by atoms with Gasteiger partial charge in [-0.2, -0.15) is 5.01 Å². The van der Waals surface area contributed by atoms with Gasteiger partial charge in [0.1, 0.15) is 0 Å². The van der Waals surface area contributed by atoms with E-state index in [2.05, 4.69) is 22.4 Å². The highest BCUT2D eigenvalue weighted by Crippen LogP contribution is 2.53. The molecule has 2 unspecified atom stereocenters. The molecule has 46 heavy (non-hydrogen) atoms. The lowest BCUT2D eigenvalue weighted by atomic mass is 9.94. The molecule has 0 amide bonds. The molecule has 4 aromatic carbocycles. The molecule has 0 fully saturated rings. The number of hydrogen-bond donors (Lipinski definition) is 0. The van der Waals surface area contributed by atoms with Crippen molar-refractivity contribution < 1.29 is 24.1 Å². The number of ether oxygens (including phenoxy) is 2. The summed E-state index contributed by atoms with van der Waals surface area (Å²) in [4.78, 5) is 23.7. The SMILES string of the molecule is Cc1cc(C)c(C2=NOC3(OC(c4ccc([N+](=O)[O-])cc4)=NN4C(c5c(C)cc(C)cc5C)=NOC43c3ccccc3)O2)c(C)c1. The van der Waals surface area contributed by atoms with Gasteiger partial charge in [-0.05, 0) is 81.1 Å². The van der Waals surface area contributed by atoms with Crippen molar-refractivity contribution in [3.63, 3.8) is 0 Å². The van der Waals surface area contributed by atoms with Crippen LogP contribution in [-0.2, 0) is 24.9 Å². The van der Waals surface area contributed by atoms with Gasteiger partial charge >= 0.3 is 11.7 Å². The lowest BCUT2D eigenvalue weighted by Crippen LogP contribution is -2.66. The molecule has 3 aliphatic rings. The predicted molar refractivity (Wildman–Crippen MR) is 171 cm³/mol. The highest BCUT2D eigenvalue weighted by molar-refractivity contribution is 6.05. The van der Waals surface area contributed by atoms with Gasteiger partial charge in [0.05, 0.1) is 4.92 Å². The van der Waals surface area contributed by atoms with E-state index in [0.717, 1.165) is 44.5 Å². The van der Waals surface area contributed by atoms with E-state index in [1.54, 1.807) is 17.1 Å². The van der Waals surface area contributed by atoms with E-state index in [1.165, 1.54) is 12.1 Å². The van der Waals surface area contributed by atoms with Crippen molar-refractivity contribution in [1.82, 2.24) is 5.01 Å². The van der Waals surface area contributed by atoms with Crippen LogP contribution < -0.4 is 0 Å². The Balaban J connectivity index is 1.45. The maximum absolute atomic E-state index is 11.4. The highest BCUT2D eigenvalue weighted by atomic mass is 17.0. The van der Waals surface area contributed by atoms with Crippen LogP contribution in [0.5, 0.6) is 0 Å². The zero-order valence-corrected chi connectivity index (χ0v) is 26.2. The van der Waals surface area contributed by atoms with Crippen LogP contribution in [0.2, 0.25) is 0 Å². The third-order valence-electron chi connectivity index (χ3n) is 8.36. The van der Waals surface area contributed by atoms with Gasteiger partial charge in [0.15, 0.2) is 0 Å². The van der Waals surface area contributed by atoms with Gasteiger partial charge < -0.3 is 19.1 Å². The second-order valence-corrected chi connectivity index (χ2v) is 11.8. The lowest BCUT2D eigenvalue weighted by molar-refractivity contribution is -0.419. The van der Waals surface area contributed by atoms with Gasteiger partial charge in [-0.3, -0.25) is 10.1 Å². The number of hydrazone groups is 1. The fourth-order valence-corrected chi connectivity index (χ4v) is 6.54. The zero-order chi connectivity index (χ0) is 32.4. The third-order valence-corrected chi connectivity index (χ3v) is 8.36. The van der Waals surface area contributed by atoms with E-state index in [0.29, 0.717) is 17.0 Å². The first-order chi connectivity index (χ1) is 22.0. The van der Waals surface area contributed by atoms with E-state index < -0.39 is 16.6 Å². The molecular weight excluding hydrogens is 586 g/mol. The maximum Gasteiger partial charge on any atom is 0.512 e. The summed E-state index contributed by atoms with van der Waals surface area (Å²) in [5.74, 6) is -1.42. The summed E-state index contributed by atoms with van der Waals surface area (Å²) in [6, 6.07) is 23.4. The Morgan fingerprint density at radius 2 is 1.26 bits per heavy atom. The summed E-state index contributed by atoms with van der Waals surface area (Å²) >= 11 is 0. The van der Waals surface area contributed by atoms with E-state index in [4.69, 9.17) is 24.3 Å². The Bertz CT molecular complexity index is 1960. The minimum atomic E-state index is -2.09. The molecule has 7 rings (SSSR count). The number of benzene rings is 4. The summed E-state index contributed by atoms with van der Waals surface area (Å²) in [7, 11) is 0. The van der Waals surface area contributed by atoms with Crippen molar-refractivity contribution >= 4 is 23.3 Å². The fourth-order valence-electron chi connectivity index (χ4n) is 6.54. The van der Waals surface area contributed by atoms with Crippen molar-refractivity contribution in [1.29, 1.82) is 0 Å². The summed E-state index contributed by atoms with van der Waals surface area (Å²) in [6.45, 7) is 12.0. The van der Waals surface area contributed by atoms with Crippen molar-refractivity contribution in [2.45, 2.75) is 53.2 Å². The zero-order valence-electron chi connectivity index (χ0n) is 26.2. The van der Waals surface area contributed by atoms with Gasteiger partial charge in [-0.25, -0.2) is 0 Å². The number of hydrogen-bond acceptors (Lipinski definition) is 10.